The molecule has 0 N–H and O–H groups in total. The van der Waals surface area contributed by atoms with Gasteiger partial charge in [0.05, 0.1) is 0 Å². The molecule has 0 aliphatic carbocycles. The summed E-state index contributed by atoms with van der Waals surface area (Å²) in [7, 11) is 0. The molecule has 0 saturated carbocycles. The average Bonchev–Trinajstić information content (AvgIpc) is 2.23. The average molecular weight is 201 g/mol. The highest BCUT2D eigenvalue weighted by molar-refractivity contribution is 7.80. The molecule has 2 aromatic rings. The molecule has 2 aromatic carbocycles. The highest BCUT2D eigenvalue weighted by atomic mass is 32.1. The van der Waals surface area contributed by atoms with E-state index in [9.17, 15) is 0 Å². The van der Waals surface area contributed by atoms with E-state index < -0.39 is 0 Å². The Balaban J connectivity index is 2.63. The Bertz CT molecular complexity index is 446. The van der Waals surface area contributed by atoms with Gasteiger partial charge in [0.2, 0.25) is 0 Å². The fourth-order valence-electron chi connectivity index (χ4n) is 1.75. The third-order valence-electron chi connectivity index (χ3n) is 2.48. The zero-order valence-corrected chi connectivity index (χ0v) is 9.10. The monoisotopic (exact) mass is 201 g/mol. The van der Waals surface area contributed by atoms with Crippen LogP contribution >= 0.6 is 12.6 Å². The molecule has 0 saturated heterocycles. The summed E-state index contributed by atoms with van der Waals surface area (Å²) >= 11 is 5.46. The number of benzene rings is 2. The van der Waals surface area contributed by atoms with Crippen molar-refractivity contribution in [3.8, 4) is 0 Å². The molecule has 0 aliphatic heterocycles. The van der Waals surface area contributed by atoms with Crippen molar-refractivity contribution in [2.45, 2.75) is 24.7 Å². The van der Waals surface area contributed by atoms with E-state index in [-0.39, 0.29) is 0 Å². The van der Waals surface area contributed by atoms with E-state index in [4.69, 9.17) is 12.6 Å². The van der Waals surface area contributed by atoms with Gasteiger partial charge < -0.3 is 0 Å². The summed E-state index contributed by atoms with van der Waals surface area (Å²) < 4.78 is 0. The van der Waals surface area contributed by atoms with Crippen molar-refractivity contribution in [2.24, 2.45) is 0 Å². The molecular formula is C13H13S. The summed E-state index contributed by atoms with van der Waals surface area (Å²) in [5.74, 6) is 0. The first-order valence-corrected chi connectivity index (χ1v) is 5.41. The van der Waals surface area contributed by atoms with Gasteiger partial charge in [-0.3, -0.25) is 0 Å². The minimum Gasteiger partial charge on any atom is -0.0791 e. The minimum absolute atomic E-state index is 1.03. The van der Waals surface area contributed by atoms with E-state index in [0.717, 1.165) is 17.7 Å². The number of aryl methyl sites for hydroxylation is 1. The lowest BCUT2D eigenvalue weighted by molar-refractivity contribution is 0.906. The van der Waals surface area contributed by atoms with E-state index in [0.29, 0.717) is 0 Å². The van der Waals surface area contributed by atoms with Gasteiger partial charge in [-0.25, -0.2) is 0 Å². The fourth-order valence-corrected chi connectivity index (χ4v) is 2.11. The smallest absolute Gasteiger partial charge is 0.0487 e. The largest absolute Gasteiger partial charge is 0.0791 e. The summed E-state index contributed by atoms with van der Waals surface area (Å²) in [4.78, 5) is 1.03. The van der Waals surface area contributed by atoms with Gasteiger partial charge in [0.25, 0.3) is 0 Å². The third-order valence-corrected chi connectivity index (χ3v) is 2.96. The molecule has 0 amide bonds. The van der Waals surface area contributed by atoms with Crippen LogP contribution in [0.3, 0.4) is 0 Å². The van der Waals surface area contributed by atoms with Crippen molar-refractivity contribution in [3.63, 3.8) is 0 Å². The zero-order chi connectivity index (χ0) is 9.97. The Hall–Kier alpha value is -1.08. The molecule has 1 radical (unpaired) electrons. The van der Waals surface area contributed by atoms with Crippen LogP contribution in [0.15, 0.2) is 41.3 Å². The number of fused-ring (bicyclic) bond motifs is 1. The van der Waals surface area contributed by atoms with Gasteiger partial charge in [-0.15, -0.1) is 0 Å². The molecular weight excluding hydrogens is 188 g/mol. The quantitative estimate of drug-likeness (QED) is 0.677. The first-order chi connectivity index (χ1) is 6.83. The van der Waals surface area contributed by atoms with E-state index in [1.807, 2.05) is 6.07 Å². The van der Waals surface area contributed by atoms with Crippen LogP contribution in [0.5, 0.6) is 0 Å². The van der Waals surface area contributed by atoms with Crippen LogP contribution in [-0.4, -0.2) is 0 Å². The van der Waals surface area contributed by atoms with E-state index in [2.05, 4.69) is 37.3 Å². The second-order valence-corrected chi connectivity index (χ2v) is 3.93. The maximum absolute atomic E-state index is 5.46. The number of hydrogen-bond donors (Lipinski definition) is 0. The Morgan fingerprint density at radius 1 is 1.07 bits per heavy atom. The van der Waals surface area contributed by atoms with E-state index in [1.165, 1.54) is 16.3 Å². The maximum Gasteiger partial charge on any atom is 0.0487 e. The Kier molecular flexibility index (Phi) is 2.69. The highest BCUT2D eigenvalue weighted by Gasteiger charge is 2.03. The number of rotatable bonds is 2. The molecule has 0 aromatic heterocycles. The molecule has 2 rings (SSSR count). The standard InChI is InChI=1S/C13H13S/c1-2-5-11-9-8-10-6-3-4-7-12(10)13(11)14/h3-4,6-9H,2,5H2,1H3. The molecule has 0 aliphatic rings. The lowest BCUT2D eigenvalue weighted by Gasteiger charge is -2.06. The van der Waals surface area contributed by atoms with Gasteiger partial charge in [-0.2, -0.15) is 0 Å². The van der Waals surface area contributed by atoms with Crippen molar-refractivity contribution in [2.75, 3.05) is 0 Å². The molecule has 0 atom stereocenters. The second kappa shape index (κ2) is 3.97. The molecule has 0 nitrogen and oxygen atoms in total. The summed E-state index contributed by atoms with van der Waals surface area (Å²) in [5.41, 5.74) is 1.31. The van der Waals surface area contributed by atoms with Crippen molar-refractivity contribution >= 4 is 23.4 Å². The van der Waals surface area contributed by atoms with Crippen molar-refractivity contribution < 1.29 is 0 Å². The minimum atomic E-state index is 1.03. The Morgan fingerprint density at radius 2 is 1.86 bits per heavy atom. The second-order valence-electron chi connectivity index (χ2n) is 3.52. The molecule has 1 heteroatoms. The normalized spacial score (nSPS) is 10.6. The first kappa shape index (κ1) is 9.47. The Morgan fingerprint density at radius 3 is 2.64 bits per heavy atom. The van der Waals surface area contributed by atoms with E-state index in [1.54, 1.807) is 0 Å². The molecule has 0 heterocycles. The van der Waals surface area contributed by atoms with Crippen molar-refractivity contribution in [3.05, 3.63) is 42.0 Å². The number of hydrogen-bond acceptors (Lipinski definition) is 0. The summed E-state index contributed by atoms with van der Waals surface area (Å²) in [5, 5.41) is 2.46. The topological polar surface area (TPSA) is 0 Å². The SMILES string of the molecule is CCCc1ccc2ccccc2c1[S]. The third kappa shape index (κ3) is 1.60. The Labute approximate surface area is 90.4 Å². The zero-order valence-electron chi connectivity index (χ0n) is 8.29. The maximum atomic E-state index is 5.46. The van der Waals surface area contributed by atoms with Crippen LogP contribution in [0.1, 0.15) is 18.9 Å². The van der Waals surface area contributed by atoms with Gasteiger partial charge >= 0.3 is 0 Å². The fraction of sp³-hybridized carbons (Fsp3) is 0.231. The van der Waals surface area contributed by atoms with Crippen molar-refractivity contribution in [1.82, 2.24) is 0 Å². The van der Waals surface area contributed by atoms with Gasteiger partial charge in [0, 0.05) is 4.90 Å². The highest BCUT2D eigenvalue weighted by Crippen LogP contribution is 2.26. The van der Waals surface area contributed by atoms with Crippen molar-refractivity contribution in [1.29, 1.82) is 0 Å². The predicted octanol–water partition coefficient (Wildman–Crippen LogP) is 4.35. The molecule has 0 bridgehead atoms. The van der Waals surface area contributed by atoms with Crippen LogP contribution in [0.25, 0.3) is 10.8 Å². The molecule has 71 valence electrons. The van der Waals surface area contributed by atoms with Gasteiger partial charge in [0.15, 0.2) is 0 Å². The van der Waals surface area contributed by atoms with Crippen LogP contribution in [0.4, 0.5) is 0 Å². The van der Waals surface area contributed by atoms with Crippen LogP contribution in [-0.2, 0) is 6.42 Å². The lowest BCUT2D eigenvalue weighted by atomic mass is 10.0. The summed E-state index contributed by atoms with van der Waals surface area (Å²) in [6, 6.07) is 12.6. The predicted molar refractivity (Wildman–Crippen MR) is 63.8 cm³/mol. The molecule has 0 fully saturated rings. The van der Waals surface area contributed by atoms with E-state index >= 15 is 0 Å². The van der Waals surface area contributed by atoms with Crippen LogP contribution < -0.4 is 0 Å². The summed E-state index contributed by atoms with van der Waals surface area (Å²) in [6.45, 7) is 2.18. The first-order valence-electron chi connectivity index (χ1n) is 5.00. The molecule has 0 unspecified atom stereocenters. The molecule has 14 heavy (non-hydrogen) atoms. The van der Waals surface area contributed by atoms with Crippen LogP contribution in [0.2, 0.25) is 0 Å². The lowest BCUT2D eigenvalue weighted by Crippen LogP contribution is -1.86. The summed E-state index contributed by atoms with van der Waals surface area (Å²) in [6.07, 6.45) is 2.24. The molecule has 0 spiro atoms. The van der Waals surface area contributed by atoms with Crippen LogP contribution in [0, 0.1) is 0 Å². The van der Waals surface area contributed by atoms with Gasteiger partial charge in [0.1, 0.15) is 0 Å². The van der Waals surface area contributed by atoms with Gasteiger partial charge in [-0.1, -0.05) is 62.4 Å². The van der Waals surface area contributed by atoms with Gasteiger partial charge in [-0.05, 0) is 22.8 Å².